The molecule has 0 heterocycles. The number of hydrogen-bond donors (Lipinski definition) is 2. The minimum absolute atomic E-state index is 0.0208. The molecule has 6 heteroatoms. The van der Waals surface area contributed by atoms with Crippen LogP contribution in [0, 0.1) is 11.7 Å². The summed E-state index contributed by atoms with van der Waals surface area (Å²) in [4.78, 5) is 24.3. The molecule has 0 aliphatic heterocycles. The third-order valence-electron chi connectivity index (χ3n) is 4.53. The average molecular weight is 373 g/mol. The van der Waals surface area contributed by atoms with E-state index in [4.69, 9.17) is 4.74 Å². The molecule has 0 saturated carbocycles. The highest BCUT2D eigenvalue weighted by atomic mass is 19.1. The average Bonchev–Trinajstić information content (AvgIpc) is 2.62. The Hall–Kier alpha value is -2.89. The fraction of sp³-hybridized carbons (Fsp3) is 0.333. The maximum atomic E-state index is 13.1. The van der Waals surface area contributed by atoms with Crippen LogP contribution in [0.4, 0.5) is 4.39 Å². The molecule has 27 heavy (non-hydrogen) atoms. The Balaban J connectivity index is 2.07. The Labute approximate surface area is 158 Å². The van der Waals surface area contributed by atoms with Crippen molar-refractivity contribution in [3.05, 3.63) is 65.5 Å². The molecule has 144 valence electrons. The fourth-order valence-corrected chi connectivity index (χ4v) is 3.00. The van der Waals surface area contributed by atoms with E-state index in [0.29, 0.717) is 12.0 Å². The van der Waals surface area contributed by atoms with Gasteiger partial charge in [0, 0.05) is 6.42 Å². The van der Waals surface area contributed by atoms with E-state index in [1.54, 1.807) is 7.11 Å². The van der Waals surface area contributed by atoms with Crippen molar-refractivity contribution in [3.63, 3.8) is 0 Å². The first-order valence-electron chi connectivity index (χ1n) is 8.68. The maximum absolute atomic E-state index is 13.1. The molecule has 2 aromatic rings. The Kier molecular flexibility index (Phi) is 6.55. The van der Waals surface area contributed by atoms with Crippen molar-refractivity contribution in [2.75, 3.05) is 7.11 Å². The zero-order valence-corrected chi connectivity index (χ0v) is 15.7. The molecule has 2 N–H and O–H groups in total. The first-order chi connectivity index (χ1) is 12.8. The maximum Gasteiger partial charge on any atom is 0.333 e. The number of nitrogens with one attached hydrogen (secondary N) is 1. The van der Waals surface area contributed by atoms with Gasteiger partial charge in [-0.15, -0.1) is 0 Å². The van der Waals surface area contributed by atoms with Crippen LogP contribution in [-0.4, -0.2) is 24.1 Å². The van der Waals surface area contributed by atoms with Gasteiger partial charge in [-0.2, -0.15) is 0 Å². The second-order valence-corrected chi connectivity index (χ2v) is 6.81. The summed E-state index contributed by atoms with van der Waals surface area (Å²) in [5.74, 6) is -1.33. The van der Waals surface area contributed by atoms with Gasteiger partial charge in [-0.1, -0.05) is 37.3 Å². The third-order valence-corrected chi connectivity index (χ3v) is 4.53. The minimum atomic E-state index is -1.63. The summed E-state index contributed by atoms with van der Waals surface area (Å²) in [5, 5.41) is 12.2. The predicted octanol–water partition coefficient (Wildman–Crippen LogP) is 3.52. The quantitative estimate of drug-likeness (QED) is 0.742. The molecular formula is C21H24FNO4. The summed E-state index contributed by atoms with van der Waals surface area (Å²) >= 11 is 0. The molecule has 2 rings (SSSR count). The van der Waals surface area contributed by atoms with Crippen molar-refractivity contribution < 1.29 is 23.8 Å². The number of rotatable bonds is 8. The minimum Gasteiger partial charge on any atom is -0.496 e. The smallest absolute Gasteiger partial charge is 0.333 e. The zero-order valence-electron chi connectivity index (χ0n) is 15.7. The molecule has 2 atom stereocenters. The number of hydrogen-bond acceptors (Lipinski definition) is 3. The van der Waals surface area contributed by atoms with E-state index in [9.17, 15) is 19.1 Å². The molecule has 0 spiro atoms. The number of halogens is 1. The number of methoxy groups -OCH3 is 1. The van der Waals surface area contributed by atoms with Gasteiger partial charge in [0.2, 0.25) is 5.91 Å². The Morgan fingerprint density at radius 2 is 1.81 bits per heavy atom. The molecule has 0 aromatic heterocycles. The van der Waals surface area contributed by atoms with Crippen molar-refractivity contribution in [3.8, 4) is 5.75 Å². The summed E-state index contributed by atoms with van der Waals surface area (Å²) in [6, 6.07) is 12.6. The number of carbonyl (C=O) groups excluding carboxylic acids is 1. The monoisotopic (exact) mass is 373 g/mol. The fourth-order valence-electron chi connectivity index (χ4n) is 3.00. The molecule has 0 aliphatic rings. The van der Waals surface area contributed by atoms with Gasteiger partial charge in [0.15, 0.2) is 5.54 Å². The van der Waals surface area contributed by atoms with Gasteiger partial charge in [-0.25, -0.2) is 9.18 Å². The Morgan fingerprint density at radius 3 is 2.41 bits per heavy atom. The van der Waals surface area contributed by atoms with Crippen LogP contribution in [0.1, 0.15) is 31.4 Å². The molecule has 5 nitrogen and oxygen atoms in total. The van der Waals surface area contributed by atoms with E-state index in [0.717, 1.165) is 11.3 Å². The van der Waals surface area contributed by atoms with Gasteiger partial charge in [0.1, 0.15) is 11.6 Å². The van der Waals surface area contributed by atoms with E-state index < -0.39 is 17.3 Å². The van der Waals surface area contributed by atoms with Crippen molar-refractivity contribution in [1.82, 2.24) is 5.32 Å². The van der Waals surface area contributed by atoms with Gasteiger partial charge in [0.05, 0.1) is 7.11 Å². The molecule has 1 amide bonds. The lowest BCUT2D eigenvalue weighted by Gasteiger charge is -2.27. The molecule has 0 fully saturated rings. The molecule has 0 bridgehead atoms. The second-order valence-electron chi connectivity index (χ2n) is 6.81. The van der Waals surface area contributed by atoms with Crippen LogP contribution in [0.3, 0.4) is 0 Å². The van der Waals surface area contributed by atoms with Crippen LogP contribution in [0.5, 0.6) is 5.75 Å². The Bertz CT molecular complexity index is 806. The van der Waals surface area contributed by atoms with Gasteiger partial charge in [-0.3, -0.25) is 4.79 Å². The second kappa shape index (κ2) is 8.66. The largest absolute Gasteiger partial charge is 0.496 e. The number of amides is 1. The normalized spacial score (nSPS) is 14.1. The lowest BCUT2D eigenvalue weighted by Crippen LogP contribution is -2.49. The molecule has 2 aromatic carbocycles. The van der Waals surface area contributed by atoms with E-state index in [1.807, 2.05) is 31.2 Å². The molecule has 0 radical (unpaired) electrons. The Morgan fingerprint density at radius 1 is 1.19 bits per heavy atom. The van der Waals surface area contributed by atoms with Gasteiger partial charge in [0.25, 0.3) is 0 Å². The SMILES string of the molecule is COc1ccccc1CC(C)CC(=O)NC(C)(C(=O)O)c1ccc(F)cc1. The number of carboxylic acids is 1. The number of benzene rings is 2. The summed E-state index contributed by atoms with van der Waals surface area (Å²) in [6.07, 6.45) is 0.778. The summed E-state index contributed by atoms with van der Waals surface area (Å²) in [5.41, 5.74) is -0.337. The number of carboxylic acid groups (broad SMARTS) is 1. The van der Waals surface area contributed by atoms with Crippen LogP contribution in [0.15, 0.2) is 48.5 Å². The van der Waals surface area contributed by atoms with Crippen LogP contribution >= 0.6 is 0 Å². The first-order valence-corrected chi connectivity index (χ1v) is 8.68. The highest BCUT2D eigenvalue weighted by molar-refractivity contribution is 5.87. The van der Waals surface area contributed by atoms with E-state index >= 15 is 0 Å². The summed E-state index contributed by atoms with van der Waals surface area (Å²) in [6.45, 7) is 3.31. The number of aliphatic carboxylic acids is 1. The number of carbonyl (C=O) groups is 2. The summed E-state index contributed by atoms with van der Waals surface area (Å²) in [7, 11) is 1.59. The first kappa shape index (κ1) is 20.4. The zero-order chi connectivity index (χ0) is 20.0. The van der Waals surface area contributed by atoms with Crippen LogP contribution in [-0.2, 0) is 21.5 Å². The van der Waals surface area contributed by atoms with Crippen molar-refractivity contribution >= 4 is 11.9 Å². The van der Waals surface area contributed by atoms with Crippen LogP contribution in [0.2, 0.25) is 0 Å². The van der Waals surface area contributed by atoms with E-state index in [-0.39, 0.29) is 18.2 Å². The van der Waals surface area contributed by atoms with E-state index in [2.05, 4.69) is 5.32 Å². The lowest BCUT2D eigenvalue weighted by molar-refractivity contribution is -0.147. The van der Waals surface area contributed by atoms with Gasteiger partial charge >= 0.3 is 5.97 Å². The topological polar surface area (TPSA) is 75.6 Å². The molecular weight excluding hydrogens is 349 g/mol. The molecule has 2 unspecified atom stereocenters. The van der Waals surface area contributed by atoms with Crippen LogP contribution < -0.4 is 10.1 Å². The standard InChI is InChI=1S/C21H24FNO4/c1-14(12-15-6-4-5-7-18(15)27-3)13-19(24)23-21(2,20(25)26)16-8-10-17(22)11-9-16/h4-11,14H,12-13H2,1-3H3,(H,23,24)(H,25,26). The van der Waals surface area contributed by atoms with Gasteiger partial charge < -0.3 is 15.2 Å². The number of para-hydroxylation sites is 1. The predicted molar refractivity (Wildman–Crippen MR) is 100 cm³/mol. The van der Waals surface area contributed by atoms with E-state index in [1.165, 1.54) is 31.2 Å². The van der Waals surface area contributed by atoms with Crippen molar-refractivity contribution in [1.29, 1.82) is 0 Å². The highest BCUT2D eigenvalue weighted by Crippen LogP contribution is 2.24. The van der Waals surface area contributed by atoms with Crippen molar-refractivity contribution in [2.45, 2.75) is 32.2 Å². The number of ether oxygens (including phenoxy) is 1. The highest BCUT2D eigenvalue weighted by Gasteiger charge is 2.37. The molecule has 0 saturated heterocycles. The summed E-state index contributed by atoms with van der Waals surface area (Å²) < 4.78 is 18.5. The van der Waals surface area contributed by atoms with Crippen LogP contribution in [0.25, 0.3) is 0 Å². The third kappa shape index (κ3) is 5.06. The lowest BCUT2D eigenvalue weighted by atomic mass is 9.91. The van der Waals surface area contributed by atoms with Gasteiger partial charge in [-0.05, 0) is 48.6 Å². The molecule has 0 aliphatic carbocycles. The van der Waals surface area contributed by atoms with Crippen molar-refractivity contribution in [2.24, 2.45) is 5.92 Å².